The van der Waals surface area contributed by atoms with E-state index in [1.54, 1.807) is 16.9 Å². The minimum Gasteiger partial charge on any atom is -0.428 e. The smallest absolute Gasteiger partial charge is 0.298 e. The van der Waals surface area contributed by atoms with Crippen LogP contribution in [0.1, 0.15) is 40.5 Å². The van der Waals surface area contributed by atoms with Crippen LogP contribution in [0.5, 0.6) is 5.75 Å². The maximum absolute atomic E-state index is 11.1. The molecular formula is C23H29N7O2. The number of rotatable bonds is 6. The zero-order valence-electron chi connectivity index (χ0n) is 19.1. The molecule has 0 unspecified atom stereocenters. The van der Waals surface area contributed by atoms with Crippen LogP contribution in [0.4, 0.5) is 5.95 Å². The van der Waals surface area contributed by atoms with Crippen molar-refractivity contribution in [2.24, 2.45) is 7.05 Å². The van der Waals surface area contributed by atoms with Gasteiger partial charge in [0.2, 0.25) is 5.95 Å². The van der Waals surface area contributed by atoms with Gasteiger partial charge in [0.15, 0.2) is 0 Å². The Morgan fingerprint density at radius 3 is 2.47 bits per heavy atom. The van der Waals surface area contributed by atoms with Crippen molar-refractivity contribution in [2.75, 3.05) is 5.32 Å². The van der Waals surface area contributed by atoms with Gasteiger partial charge in [0.1, 0.15) is 11.4 Å². The van der Waals surface area contributed by atoms with E-state index in [2.05, 4.69) is 58.6 Å². The fraction of sp³-hybridized carbons (Fsp3) is 0.435. The lowest BCUT2D eigenvalue weighted by Gasteiger charge is -2.46. The number of nitrogens with one attached hydrogen (secondary N) is 2. The molecule has 2 aromatic heterocycles. The van der Waals surface area contributed by atoms with E-state index in [4.69, 9.17) is 4.74 Å². The highest BCUT2D eigenvalue weighted by molar-refractivity contribution is 5.74. The van der Waals surface area contributed by atoms with Gasteiger partial charge in [0.25, 0.3) is 6.47 Å². The average Bonchev–Trinajstić information content (AvgIpc) is 3.13. The summed E-state index contributed by atoms with van der Waals surface area (Å²) in [6.07, 6.45) is 5.40. The molecule has 1 aliphatic heterocycles. The van der Waals surface area contributed by atoms with Crippen LogP contribution >= 0.6 is 0 Å². The zero-order valence-corrected chi connectivity index (χ0v) is 19.1. The van der Waals surface area contributed by atoms with Gasteiger partial charge in [-0.25, -0.2) is 4.98 Å². The van der Waals surface area contributed by atoms with Crippen LogP contribution < -0.4 is 15.4 Å². The minimum atomic E-state index is 0.0171. The summed E-state index contributed by atoms with van der Waals surface area (Å²) in [7, 11) is 1.85. The Kier molecular flexibility index (Phi) is 5.68. The summed E-state index contributed by atoms with van der Waals surface area (Å²) in [5, 5.41) is 20.1. The van der Waals surface area contributed by atoms with Gasteiger partial charge in [-0.1, -0.05) is 6.07 Å². The normalized spacial score (nSPS) is 17.7. The summed E-state index contributed by atoms with van der Waals surface area (Å²) in [6, 6.07) is 7.63. The number of anilines is 1. The van der Waals surface area contributed by atoms with Crippen LogP contribution in [0.2, 0.25) is 0 Å². The molecule has 0 atom stereocenters. The molecule has 0 amide bonds. The number of carbonyl (C=O) groups is 1. The quantitative estimate of drug-likeness (QED) is 0.569. The molecular weight excluding hydrogens is 406 g/mol. The van der Waals surface area contributed by atoms with Gasteiger partial charge in [0, 0.05) is 41.5 Å². The number of nitrogens with zero attached hydrogens (tertiary/aromatic N) is 5. The summed E-state index contributed by atoms with van der Waals surface area (Å²) in [4.78, 5) is 15.5. The minimum absolute atomic E-state index is 0.0171. The van der Waals surface area contributed by atoms with Crippen molar-refractivity contribution < 1.29 is 9.53 Å². The van der Waals surface area contributed by atoms with Crippen LogP contribution in [0.3, 0.4) is 0 Å². The Balaban J connectivity index is 1.55. The van der Waals surface area contributed by atoms with E-state index < -0.39 is 0 Å². The number of benzene rings is 1. The molecule has 3 heterocycles. The van der Waals surface area contributed by atoms with Crippen molar-refractivity contribution in [3.05, 3.63) is 36.7 Å². The third-order valence-corrected chi connectivity index (χ3v) is 5.53. The first-order valence-corrected chi connectivity index (χ1v) is 10.6. The van der Waals surface area contributed by atoms with Gasteiger partial charge < -0.3 is 15.4 Å². The molecule has 2 N–H and O–H groups in total. The monoisotopic (exact) mass is 435 g/mol. The standard InChI is InChI=1S/C23H29N7O2/c1-22(2)11-16(12-23(3,4)29-22)25-21-24-13-19(26-27-21)17-7-6-15(10-20(17)32-14-31)18-8-9-30(5)28-18/h6-10,13-14,16,29H,11-12H2,1-5H3,(H,24,25,27). The summed E-state index contributed by atoms with van der Waals surface area (Å²) < 4.78 is 6.94. The molecule has 1 aromatic carbocycles. The van der Waals surface area contributed by atoms with E-state index in [9.17, 15) is 4.79 Å². The van der Waals surface area contributed by atoms with Crippen LogP contribution in [0.15, 0.2) is 36.7 Å². The Hall–Kier alpha value is -3.33. The molecule has 9 nitrogen and oxygen atoms in total. The lowest BCUT2D eigenvalue weighted by molar-refractivity contribution is -0.120. The molecule has 9 heteroatoms. The summed E-state index contributed by atoms with van der Waals surface area (Å²) in [5.74, 6) is 0.858. The van der Waals surface area contributed by atoms with E-state index in [-0.39, 0.29) is 17.1 Å². The molecule has 0 radical (unpaired) electrons. The second-order valence-electron chi connectivity index (χ2n) is 9.61. The number of carbonyl (C=O) groups excluding carboxylic acids is 1. The number of aromatic nitrogens is 5. The fourth-order valence-corrected chi connectivity index (χ4v) is 4.68. The van der Waals surface area contributed by atoms with Crippen molar-refractivity contribution in [3.8, 4) is 28.3 Å². The Morgan fingerprint density at radius 1 is 1.12 bits per heavy atom. The van der Waals surface area contributed by atoms with E-state index >= 15 is 0 Å². The maximum Gasteiger partial charge on any atom is 0.298 e. The first-order valence-electron chi connectivity index (χ1n) is 10.6. The van der Waals surface area contributed by atoms with Gasteiger partial charge in [-0.05, 0) is 58.7 Å². The van der Waals surface area contributed by atoms with Gasteiger partial charge in [-0.2, -0.15) is 5.10 Å². The number of aryl methyl sites for hydroxylation is 1. The van der Waals surface area contributed by atoms with E-state index in [0.29, 0.717) is 29.4 Å². The molecule has 168 valence electrons. The number of ether oxygens (including phenoxy) is 1. The molecule has 0 aliphatic carbocycles. The third kappa shape index (κ3) is 4.94. The van der Waals surface area contributed by atoms with E-state index in [1.807, 2.05) is 31.4 Å². The van der Waals surface area contributed by atoms with Crippen LogP contribution in [0.25, 0.3) is 22.5 Å². The van der Waals surface area contributed by atoms with Crippen molar-refractivity contribution >= 4 is 12.4 Å². The highest BCUT2D eigenvalue weighted by Crippen LogP contribution is 2.33. The van der Waals surface area contributed by atoms with Crippen LogP contribution in [0, 0.1) is 0 Å². The second kappa shape index (κ2) is 8.31. The highest BCUT2D eigenvalue weighted by atomic mass is 16.5. The fourth-order valence-electron chi connectivity index (χ4n) is 4.68. The van der Waals surface area contributed by atoms with Gasteiger partial charge in [0.05, 0.1) is 11.9 Å². The van der Waals surface area contributed by atoms with E-state index in [0.717, 1.165) is 24.1 Å². The first-order chi connectivity index (χ1) is 15.1. The lowest BCUT2D eigenvalue weighted by Crippen LogP contribution is -2.60. The third-order valence-electron chi connectivity index (χ3n) is 5.53. The zero-order chi connectivity index (χ0) is 22.9. The maximum atomic E-state index is 11.1. The highest BCUT2D eigenvalue weighted by Gasteiger charge is 2.37. The summed E-state index contributed by atoms with van der Waals surface area (Å²) in [6.45, 7) is 9.21. The summed E-state index contributed by atoms with van der Waals surface area (Å²) >= 11 is 0. The van der Waals surface area contributed by atoms with Gasteiger partial charge >= 0.3 is 0 Å². The predicted molar refractivity (Wildman–Crippen MR) is 122 cm³/mol. The molecule has 3 aromatic rings. The predicted octanol–water partition coefficient (Wildman–Crippen LogP) is 3.20. The molecule has 1 saturated heterocycles. The topological polar surface area (TPSA) is 107 Å². The lowest BCUT2D eigenvalue weighted by atomic mass is 9.80. The van der Waals surface area contributed by atoms with Crippen molar-refractivity contribution in [2.45, 2.75) is 57.7 Å². The molecule has 0 bridgehead atoms. The summed E-state index contributed by atoms with van der Waals surface area (Å²) in [5.41, 5.74) is 2.80. The average molecular weight is 436 g/mol. The Labute approximate surface area is 187 Å². The van der Waals surface area contributed by atoms with Crippen LogP contribution in [-0.4, -0.2) is 48.6 Å². The Morgan fingerprint density at radius 2 is 1.88 bits per heavy atom. The number of hydrogen-bond acceptors (Lipinski definition) is 8. The van der Waals surface area contributed by atoms with Gasteiger partial charge in [-0.15, -0.1) is 10.2 Å². The molecule has 32 heavy (non-hydrogen) atoms. The first kappa shape index (κ1) is 21.9. The molecule has 1 aliphatic rings. The van der Waals surface area contributed by atoms with E-state index in [1.165, 1.54) is 0 Å². The molecule has 0 saturated carbocycles. The number of hydrogen-bond donors (Lipinski definition) is 2. The number of piperidine rings is 1. The van der Waals surface area contributed by atoms with Crippen LogP contribution in [-0.2, 0) is 11.8 Å². The van der Waals surface area contributed by atoms with Crippen molar-refractivity contribution in [3.63, 3.8) is 0 Å². The van der Waals surface area contributed by atoms with Gasteiger partial charge in [-0.3, -0.25) is 9.48 Å². The van der Waals surface area contributed by atoms with Crippen molar-refractivity contribution in [1.82, 2.24) is 30.3 Å². The molecule has 1 fully saturated rings. The SMILES string of the molecule is Cn1ccc(-c2ccc(-c3cnc(NC4CC(C)(C)NC(C)(C)C4)nn3)c(OC=O)c2)n1. The van der Waals surface area contributed by atoms with Crippen molar-refractivity contribution in [1.29, 1.82) is 0 Å². The second-order valence-corrected chi connectivity index (χ2v) is 9.61. The largest absolute Gasteiger partial charge is 0.428 e. The Bertz CT molecular complexity index is 1090. The molecule has 4 rings (SSSR count). The molecule has 0 spiro atoms.